The van der Waals surface area contributed by atoms with Crippen LogP contribution in [0.1, 0.15) is 51.6 Å². The van der Waals surface area contributed by atoms with E-state index in [0.717, 1.165) is 35.1 Å². The topological polar surface area (TPSA) is 30.5 Å². The summed E-state index contributed by atoms with van der Waals surface area (Å²) in [5, 5.41) is 4.32. The minimum Gasteiger partial charge on any atom is -0.490 e. The van der Waals surface area contributed by atoms with Crippen molar-refractivity contribution in [1.29, 1.82) is 0 Å². The van der Waals surface area contributed by atoms with Gasteiger partial charge in [0.25, 0.3) is 0 Å². The Hall–Kier alpha value is -0.930. The second-order valence-electron chi connectivity index (χ2n) is 5.67. The first-order valence-corrected chi connectivity index (χ1v) is 8.37. The van der Waals surface area contributed by atoms with Gasteiger partial charge in [-0.2, -0.15) is 0 Å². The Kier molecular flexibility index (Phi) is 6.19. The second-order valence-corrected chi connectivity index (χ2v) is 6.08. The molecule has 0 bridgehead atoms. The van der Waals surface area contributed by atoms with E-state index in [4.69, 9.17) is 21.1 Å². The highest BCUT2D eigenvalue weighted by Gasteiger charge is 2.23. The third-order valence-corrected chi connectivity index (χ3v) is 4.27. The Morgan fingerprint density at radius 2 is 1.86 bits per heavy atom. The van der Waals surface area contributed by atoms with Crippen LogP contribution in [-0.4, -0.2) is 19.8 Å². The van der Waals surface area contributed by atoms with Crippen LogP contribution in [0.5, 0.6) is 11.5 Å². The molecule has 0 saturated heterocycles. The van der Waals surface area contributed by atoms with Gasteiger partial charge in [-0.15, -0.1) is 0 Å². The molecule has 0 aromatic heterocycles. The summed E-state index contributed by atoms with van der Waals surface area (Å²) in [5.41, 5.74) is 1.11. The lowest BCUT2D eigenvalue weighted by Gasteiger charge is -2.26. The fraction of sp³-hybridized carbons (Fsp3) is 0.647. The van der Waals surface area contributed by atoms with Gasteiger partial charge in [0.2, 0.25) is 0 Å². The Bertz CT molecular complexity index is 464. The lowest BCUT2D eigenvalue weighted by Crippen LogP contribution is -2.27. The zero-order chi connectivity index (χ0) is 15.2. The van der Waals surface area contributed by atoms with Gasteiger partial charge in [0.15, 0.2) is 11.5 Å². The molecule has 0 radical (unpaired) electrons. The molecule has 1 aromatic rings. The van der Waals surface area contributed by atoms with E-state index in [1.54, 1.807) is 0 Å². The van der Waals surface area contributed by atoms with Gasteiger partial charge in [-0.3, -0.25) is 0 Å². The summed E-state index contributed by atoms with van der Waals surface area (Å²) in [7, 11) is 0. The first-order chi connectivity index (χ1) is 10.2. The average molecular weight is 312 g/mol. The first-order valence-electron chi connectivity index (χ1n) is 7.99. The van der Waals surface area contributed by atoms with Crippen LogP contribution in [0.2, 0.25) is 5.02 Å². The molecular weight excluding hydrogens is 286 g/mol. The van der Waals surface area contributed by atoms with Gasteiger partial charge >= 0.3 is 0 Å². The van der Waals surface area contributed by atoms with Gasteiger partial charge < -0.3 is 14.8 Å². The molecule has 4 heteroatoms. The van der Waals surface area contributed by atoms with Gasteiger partial charge in [-0.05, 0) is 30.5 Å². The molecule has 0 amide bonds. The highest BCUT2D eigenvalue weighted by molar-refractivity contribution is 6.31. The van der Waals surface area contributed by atoms with E-state index in [1.807, 2.05) is 6.07 Å². The summed E-state index contributed by atoms with van der Waals surface area (Å²) in [4.78, 5) is 0. The van der Waals surface area contributed by atoms with Crippen molar-refractivity contribution in [2.75, 3.05) is 19.8 Å². The molecular formula is C17H26ClNO2. The van der Waals surface area contributed by atoms with Crippen LogP contribution in [0.25, 0.3) is 0 Å². The highest BCUT2D eigenvalue weighted by atomic mass is 35.5. The fourth-order valence-corrected chi connectivity index (χ4v) is 3.17. The second kappa shape index (κ2) is 7.90. The third kappa shape index (κ3) is 4.04. The summed E-state index contributed by atoms with van der Waals surface area (Å²) in [5.74, 6) is 2.11. The van der Waals surface area contributed by atoms with E-state index in [9.17, 15) is 0 Å². The zero-order valence-corrected chi connectivity index (χ0v) is 14.0. The summed E-state index contributed by atoms with van der Waals surface area (Å²) < 4.78 is 11.5. The average Bonchev–Trinajstić information content (AvgIpc) is 2.69. The maximum atomic E-state index is 6.51. The number of benzene rings is 1. The van der Waals surface area contributed by atoms with Gasteiger partial charge in [0.05, 0.1) is 13.2 Å². The lowest BCUT2D eigenvalue weighted by molar-refractivity contribution is 0.296. The molecule has 2 unspecified atom stereocenters. The lowest BCUT2D eigenvalue weighted by atomic mass is 9.90. The smallest absolute Gasteiger partial charge is 0.162 e. The molecule has 1 aliphatic heterocycles. The highest BCUT2D eigenvalue weighted by Crippen LogP contribution is 2.39. The zero-order valence-electron chi connectivity index (χ0n) is 13.2. The van der Waals surface area contributed by atoms with Crippen molar-refractivity contribution in [2.45, 2.75) is 46.1 Å². The minimum absolute atomic E-state index is 0.250. The quantitative estimate of drug-likeness (QED) is 0.833. The van der Waals surface area contributed by atoms with E-state index >= 15 is 0 Å². The molecule has 0 aliphatic carbocycles. The van der Waals surface area contributed by atoms with Crippen molar-refractivity contribution < 1.29 is 9.47 Å². The number of ether oxygens (including phenoxy) is 2. The first kappa shape index (κ1) is 16.4. The summed E-state index contributed by atoms with van der Waals surface area (Å²) >= 11 is 6.51. The van der Waals surface area contributed by atoms with Crippen LogP contribution in [0.15, 0.2) is 12.1 Å². The van der Waals surface area contributed by atoms with E-state index in [2.05, 4.69) is 32.2 Å². The Balaban J connectivity index is 2.33. The molecule has 1 aliphatic rings. The number of fused-ring (bicyclic) bond motifs is 1. The van der Waals surface area contributed by atoms with Crippen molar-refractivity contribution in [3.05, 3.63) is 22.7 Å². The number of hydrogen-bond acceptors (Lipinski definition) is 3. The fourth-order valence-electron chi connectivity index (χ4n) is 2.90. The molecule has 2 rings (SSSR count). The number of nitrogens with one attached hydrogen (secondary N) is 1. The van der Waals surface area contributed by atoms with Crippen LogP contribution in [0.4, 0.5) is 0 Å². The molecule has 118 valence electrons. The maximum Gasteiger partial charge on any atom is 0.162 e. The van der Waals surface area contributed by atoms with Crippen LogP contribution in [0, 0.1) is 5.92 Å². The van der Waals surface area contributed by atoms with Crippen molar-refractivity contribution in [1.82, 2.24) is 5.32 Å². The molecule has 3 nitrogen and oxygen atoms in total. The van der Waals surface area contributed by atoms with Crippen LogP contribution >= 0.6 is 11.6 Å². The standard InChI is InChI=1S/C17H26ClNO2/c1-4-7-12(3)17(19-5-2)13-10-15-16(11-14(13)18)21-9-6-8-20-15/h10-12,17,19H,4-9H2,1-3H3. The molecule has 1 heterocycles. The van der Waals surface area contributed by atoms with E-state index in [0.29, 0.717) is 19.1 Å². The molecule has 1 N–H and O–H groups in total. The number of halogens is 1. The van der Waals surface area contributed by atoms with Gasteiger partial charge in [0.1, 0.15) is 0 Å². The predicted octanol–water partition coefficient (Wildman–Crippen LogP) is 4.59. The van der Waals surface area contributed by atoms with Crippen molar-refractivity contribution in [2.24, 2.45) is 5.92 Å². The molecule has 1 aromatic carbocycles. The third-order valence-electron chi connectivity index (χ3n) is 3.94. The monoisotopic (exact) mass is 311 g/mol. The Labute approximate surface area is 133 Å². The van der Waals surface area contributed by atoms with Crippen LogP contribution in [0.3, 0.4) is 0 Å². The SMILES string of the molecule is CCCC(C)C(NCC)c1cc2c(cc1Cl)OCCCO2. The van der Waals surface area contributed by atoms with Crippen LogP contribution < -0.4 is 14.8 Å². The molecule has 0 spiro atoms. The summed E-state index contributed by atoms with van der Waals surface area (Å²) in [6.07, 6.45) is 3.25. The van der Waals surface area contributed by atoms with Crippen LogP contribution in [-0.2, 0) is 0 Å². The van der Waals surface area contributed by atoms with Crippen molar-refractivity contribution >= 4 is 11.6 Å². The predicted molar refractivity (Wildman–Crippen MR) is 87.5 cm³/mol. The van der Waals surface area contributed by atoms with Crippen molar-refractivity contribution in [3.8, 4) is 11.5 Å². The largest absolute Gasteiger partial charge is 0.490 e. The minimum atomic E-state index is 0.250. The van der Waals surface area contributed by atoms with E-state index in [-0.39, 0.29) is 6.04 Å². The van der Waals surface area contributed by atoms with E-state index < -0.39 is 0 Å². The molecule has 0 fully saturated rings. The van der Waals surface area contributed by atoms with Gasteiger partial charge in [-0.25, -0.2) is 0 Å². The normalized spacial score (nSPS) is 17.1. The van der Waals surface area contributed by atoms with E-state index in [1.165, 1.54) is 12.8 Å². The maximum absolute atomic E-state index is 6.51. The summed E-state index contributed by atoms with van der Waals surface area (Å²) in [6.45, 7) is 8.92. The Morgan fingerprint density at radius 3 is 2.48 bits per heavy atom. The number of hydrogen-bond donors (Lipinski definition) is 1. The Morgan fingerprint density at radius 1 is 1.19 bits per heavy atom. The van der Waals surface area contributed by atoms with Gasteiger partial charge in [0, 0.05) is 23.6 Å². The molecule has 2 atom stereocenters. The summed E-state index contributed by atoms with van der Waals surface area (Å²) in [6, 6.07) is 4.21. The molecule has 21 heavy (non-hydrogen) atoms. The number of rotatable bonds is 6. The molecule has 0 saturated carbocycles. The van der Waals surface area contributed by atoms with Gasteiger partial charge in [-0.1, -0.05) is 38.8 Å². The van der Waals surface area contributed by atoms with Crippen molar-refractivity contribution in [3.63, 3.8) is 0 Å².